The molecule has 0 saturated carbocycles. The molecule has 0 bridgehead atoms. The number of thioether (sulfide) groups is 1. The van der Waals surface area contributed by atoms with Gasteiger partial charge < -0.3 is 5.32 Å². The van der Waals surface area contributed by atoms with Crippen molar-refractivity contribution < 1.29 is 0 Å². The van der Waals surface area contributed by atoms with Gasteiger partial charge in [0.15, 0.2) is 0 Å². The van der Waals surface area contributed by atoms with Crippen LogP contribution in [0.2, 0.25) is 0 Å². The molecule has 1 aromatic heterocycles. The number of likely N-dealkylation sites (N-methyl/N-ethyl adjacent to an activating group) is 1. The zero-order valence-electron chi connectivity index (χ0n) is 7.54. The molecule has 0 spiro atoms. The van der Waals surface area contributed by atoms with Crippen LogP contribution in [0.25, 0.3) is 0 Å². The summed E-state index contributed by atoms with van der Waals surface area (Å²) < 4.78 is 0. The van der Waals surface area contributed by atoms with Crippen molar-refractivity contribution in [2.75, 3.05) is 19.1 Å². The maximum Gasteiger partial charge on any atom is 0.0203 e. The lowest BCUT2D eigenvalue weighted by Crippen LogP contribution is -2.29. The fourth-order valence-electron chi connectivity index (χ4n) is 1.12. The van der Waals surface area contributed by atoms with Gasteiger partial charge in [0.05, 0.1) is 0 Å². The predicted octanol–water partition coefficient (Wildman–Crippen LogP) is 2.24. The summed E-state index contributed by atoms with van der Waals surface area (Å²) in [5, 5.41) is 5.47. The second-order valence-corrected chi connectivity index (χ2v) is 4.67. The Morgan fingerprint density at radius 1 is 1.67 bits per heavy atom. The summed E-state index contributed by atoms with van der Waals surface area (Å²) in [4.78, 5) is 1.48. The molecule has 1 heterocycles. The minimum atomic E-state index is 0.624. The van der Waals surface area contributed by atoms with E-state index in [2.05, 4.69) is 29.1 Å². The fourth-order valence-corrected chi connectivity index (χ4v) is 2.59. The quantitative estimate of drug-likeness (QED) is 0.784. The molecular formula is C9H15NS2. The molecule has 0 aliphatic rings. The molecule has 68 valence electrons. The van der Waals surface area contributed by atoms with Gasteiger partial charge in [0.25, 0.3) is 0 Å². The molecule has 3 heteroatoms. The monoisotopic (exact) mass is 201 g/mol. The van der Waals surface area contributed by atoms with Crippen molar-refractivity contribution in [1.29, 1.82) is 0 Å². The first-order chi connectivity index (χ1) is 5.86. The van der Waals surface area contributed by atoms with E-state index in [9.17, 15) is 0 Å². The number of hydrogen-bond donors (Lipinski definition) is 1. The Hall–Kier alpha value is 0.01000. The van der Waals surface area contributed by atoms with E-state index >= 15 is 0 Å². The molecule has 0 aromatic carbocycles. The van der Waals surface area contributed by atoms with Crippen molar-refractivity contribution in [1.82, 2.24) is 5.32 Å². The van der Waals surface area contributed by atoms with Crippen LogP contribution in [0.4, 0.5) is 0 Å². The number of hydrogen-bond acceptors (Lipinski definition) is 3. The van der Waals surface area contributed by atoms with Crippen LogP contribution in [0.1, 0.15) is 4.88 Å². The highest BCUT2D eigenvalue weighted by Crippen LogP contribution is 2.12. The predicted molar refractivity (Wildman–Crippen MR) is 59.3 cm³/mol. The van der Waals surface area contributed by atoms with Crippen molar-refractivity contribution in [2.45, 2.75) is 12.5 Å². The van der Waals surface area contributed by atoms with Gasteiger partial charge in [0.2, 0.25) is 0 Å². The van der Waals surface area contributed by atoms with E-state index in [-0.39, 0.29) is 0 Å². The molecule has 1 N–H and O–H groups in total. The number of nitrogens with one attached hydrogen (secondary N) is 1. The molecule has 1 unspecified atom stereocenters. The van der Waals surface area contributed by atoms with E-state index < -0.39 is 0 Å². The van der Waals surface area contributed by atoms with Crippen molar-refractivity contribution in [3.63, 3.8) is 0 Å². The number of thiophene rings is 1. The van der Waals surface area contributed by atoms with Crippen molar-refractivity contribution in [2.24, 2.45) is 0 Å². The Morgan fingerprint density at radius 3 is 3.00 bits per heavy atom. The highest BCUT2D eigenvalue weighted by Gasteiger charge is 2.06. The third-order valence-corrected chi connectivity index (χ3v) is 3.44. The van der Waals surface area contributed by atoms with E-state index in [1.165, 1.54) is 10.6 Å². The van der Waals surface area contributed by atoms with Gasteiger partial charge in [0, 0.05) is 16.7 Å². The Kier molecular flexibility index (Phi) is 4.73. The van der Waals surface area contributed by atoms with Crippen molar-refractivity contribution in [3.8, 4) is 0 Å². The maximum absolute atomic E-state index is 3.33. The van der Waals surface area contributed by atoms with Gasteiger partial charge in [0.1, 0.15) is 0 Å². The Bertz CT molecular complexity index is 196. The van der Waals surface area contributed by atoms with Gasteiger partial charge in [-0.1, -0.05) is 6.07 Å². The third kappa shape index (κ3) is 3.17. The topological polar surface area (TPSA) is 12.0 Å². The van der Waals surface area contributed by atoms with E-state index in [1.807, 2.05) is 30.1 Å². The summed E-state index contributed by atoms with van der Waals surface area (Å²) in [6.45, 7) is 0. The summed E-state index contributed by atoms with van der Waals surface area (Å²) in [6.07, 6.45) is 3.31. The summed E-state index contributed by atoms with van der Waals surface area (Å²) in [5.74, 6) is 1.19. The lowest BCUT2D eigenvalue weighted by molar-refractivity contribution is 0.622. The molecule has 1 nitrogen and oxygen atoms in total. The lowest BCUT2D eigenvalue weighted by Gasteiger charge is -2.12. The largest absolute Gasteiger partial charge is 0.316 e. The highest BCUT2D eigenvalue weighted by atomic mass is 32.2. The molecule has 1 atom stereocenters. The van der Waals surface area contributed by atoms with Gasteiger partial charge in [-0.2, -0.15) is 11.8 Å². The summed E-state index contributed by atoms with van der Waals surface area (Å²) in [7, 11) is 2.04. The average molecular weight is 201 g/mol. The maximum atomic E-state index is 3.33. The second-order valence-electron chi connectivity index (χ2n) is 2.72. The summed E-state index contributed by atoms with van der Waals surface area (Å²) >= 11 is 3.74. The van der Waals surface area contributed by atoms with Crippen LogP contribution in [0, 0.1) is 0 Å². The second kappa shape index (κ2) is 5.62. The molecule has 0 aliphatic carbocycles. The van der Waals surface area contributed by atoms with E-state index in [4.69, 9.17) is 0 Å². The molecule has 12 heavy (non-hydrogen) atoms. The van der Waals surface area contributed by atoms with Crippen LogP contribution in [-0.2, 0) is 6.42 Å². The van der Waals surface area contributed by atoms with Gasteiger partial charge in [-0.3, -0.25) is 0 Å². The van der Waals surface area contributed by atoms with Crippen LogP contribution in [-0.4, -0.2) is 25.1 Å². The van der Waals surface area contributed by atoms with Gasteiger partial charge in [-0.15, -0.1) is 11.3 Å². The van der Waals surface area contributed by atoms with Gasteiger partial charge >= 0.3 is 0 Å². The Morgan fingerprint density at radius 2 is 2.50 bits per heavy atom. The van der Waals surface area contributed by atoms with E-state index in [0.717, 1.165) is 6.42 Å². The normalized spacial score (nSPS) is 13.2. The lowest BCUT2D eigenvalue weighted by atomic mass is 10.2. The first kappa shape index (κ1) is 10.1. The van der Waals surface area contributed by atoms with Crippen molar-refractivity contribution in [3.05, 3.63) is 22.4 Å². The van der Waals surface area contributed by atoms with Gasteiger partial charge in [-0.05, 0) is 31.2 Å². The Balaban J connectivity index is 2.37. The van der Waals surface area contributed by atoms with Gasteiger partial charge in [-0.25, -0.2) is 0 Å². The standard InChI is InChI=1S/C9H15NS2/c1-10-8(7-11-2)6-9-4-3-5-12-9/h3-5,8,10H,6-7H2,1-2H3. The SMILES string of the molecule is CNC(CSC)Cc1cccs1. The summed E-state index contributed by atoms with van der Waals surface area (Å²) in [6, 6.07) is 4.94. The first-order valence-electron chi connectivity index (χ1n) is 4.05. The summed E-state index contributed by atoms with van der Waals surface area (Å²) in [5.41, 5.74) is 0. The zero-order chi connectivity index (χ0) is 8.81. The average Bonchev–Trinajstić information content (AvgIpc) is 2.56. The minimum absolute atomic E-state index is 0.624. The van der Waals surface area contributed by atoms with Crippen molar-refractivity contribution >= 4 is 23.1 Å². The van der Waals surface area contributed by atoms with E-state index in [1.54, 1.807) is 0 Å². The first-order valence-corrected chi connectivity index (χ1v) is 6.32. The van der Waals surface area contributed by atoms with Crippen LogP contribution in [0.3, 0.4) is 0 Å². The molecular weight excluding hydrogens is 186 g/mol. The molecule has 0 saturated heterocycles. The zero-order valence-corrected chi connectivity index (χ0v) is 9.17. The van der Waals surface area contributed by atoms with E-state index in [0.29, 0.717) is 6.04 Å². The van der Waals surface area contributed by atoms with Crippen LogP contribution < -0.4 is 5.32 Å². The molecule has 1 rings (SSSR count). The molecule has 0 aliphatic heterocycles. The number of rotatable bonds is 5. The molecule has 0 radical (unpaired) electrons. The smallest absolute Gasteiger partial charge is 0.0203 e. The fraction of sp³-hybridized carbons (Fsp3) is 0.556. The van der Waals surface area contributed by atoms with Crippen LogP contribution in [0.5, 0.6) is 0 Å². The molecule has 1 aromatic rings. The minimum Gasteiger partial charge on any atom is -0.316 e. The highest BCUT2D eigenvalue weighted by molar-refractivity contribution is 7.98. The Labute approximate surface area is 82.6 Å². The van der Waals surface area contributed by atoms with Crippen LogP contribution in [0.15, 0.2) is 17.5 Å². The molecule has 0 fully saturated rings. The third-order valence-electron chi connectivity index (χ3n) is 1.80. The van der Waals surface area contributed by atoms with Crippen LogP contribution >= 0.6 is 23.1 Å². The molecule has 0 amide bonds.